The Morgan fingerprint density at radius 1 is 1.33 bits per heavy atom. The summed E-state index contributed by atoms with van der Waals surface area (Å²) in [6, 6.07) is 7.96. The van der Waals surface area contributed by atoms with Gasteiger partial charge in [-0.15, -0.1) is 0 Å². The molecular weight excluding hydrogens is 270 g/mol. The molecule has 1 heterocycles. The number of carbonyl (C=O) groups is 2. The van der Waals surface area contributed by atoms with Crippen LogP contribution in [0.4, 0.5) is 0 Å². The topological polar surface area (TPSA) is 75.6 Å². The highest BCUT2D eigenvalue weighted by Crippen LogP contribution is 2.22. The summed E-state index contributed by atoms with van der Waals surface area (Å²) in [4.78, 5) is 20.6. The zero-order valence-corrected chi connectivity index (χ0v) is 13.0. The van der Waals surface area contributed by atoms with E-state index in [-0.39, 0.29) is 5.60 Å². The molecular formula is C16H23NO4. The fraction of sp³-hybridized carbons (Fsp3) is 0.500. The number of carboxylic acid groups (broad SMARTS) is 1. The lowest BCUT2D eigenvalue weighted by atomic mass is 9.86. The van der Waals surface area contributed by atoms with Crippen LogP contribution < -0.4 is 5.32 Å². The molecule has 0 aliphatic carbocycles. The van der Waals surface area contributed by atoms with Crippen LogP contribution in [0.1, 0.15) is 38.8 Å². The van der Waals surface area contributed by atoms with Crippen molar-refractivity contribution in [1.29, 1.82) is 0 Å². The van der Waals surface area contributed by atoms with Gasteiger partial charge in [-0.05, 0) is 38.8 Å². The number of fused-ring (bicyclic) bond motifs is 1. The molecule has 0 amide bonds. The third kappa shape index (κ3) is 5.19. The van der Waals surface area contributed by atoms with Crippen molar-refractivity contribution >= 4 is 12.4 Å². The van der Waals surface area contributed by atoms with Crippen molar-refractivity contribution in [3.8, 4) is 0 Å². The summed E-state index contributed by atoms with van der Waals surface area (Å²) < 4.78 is 4.55. The van der Waals surface area contributed by atoms with E-state index in [1.54, 1.807) is 6.92 Å². The fourth-order valence-corrected chi connectivity index (χ4v) is 1.93. The van der Waals surface area contributed by atoms with E-state index in [0.717, 1.165) is 5.56 Å². The molecule has 1 aromatic carbocycles. The maximum atomic E-state index is 11.0. The van der Waals surface area contributed by atoms with Crippen LogP contribution in [0.2, 0.25) is 0 Å². The summed E-state index contributed by atoms with van der Waals surface area (Å²) in [6.45, 7) is 8.29. The highest BCUT2D eigenvalue weighted by Gasteiger charge is 2.36. The van der Waals surface area contributed by atoms with Crippen LogP contribution in [0, 0.1) is 0 Å². The number of carbonyl (C=O) groups excluding carboxylic acids is 1. The van der Waals surface area contributed by atoms with Gasteiger partial charge in [0, 0.05) is 13.0 Å². The smallest absolute Gasteiger partial charge is 0.323 e. The average Bonchev–Trinajstić information content (AvgIpc) is 2.37. The lowest BCUT2D eigenvalue weighted by Gasteiger charge is -2.32. The molecule has 1 aromatic rings. The third-order valence-corrected chi connectivity index (χ3v) is 3.21. The van der Waals surface area contributed by atoms with Crippen LogP contribution in [0.15, 0.2) is 24.3 Å². The summed E-state index contributed by atoms with van der Waals surface area (Å²) in [5.41, 5.74) is 1.21. The third-order valence-electron chi connectivity index (χ3n) is 3.21. The Morgan fingerprint density at radius 3 is 2.33 bits per heavy atom. The minimum absolute atomic E-state index is 0.318. The van der Waals surface area contributed by atoms with Crippen LogP contribution in [0.25, 0.3) is 0 Å². The maximum Gasteiger partial charge on any atom is 0.323 e. The number of carboxylic acids is 1. The molecule has 1 atom stereocenters. The molecule has 21 heavy (non-hydrogen) atoms. The Morgan fingerprint density at radius 2 is 1.90 bits per heavy atom. The highest BCUT2D eigenvalue weighted by atomic mass is 16.5. The Labute approximate surface area is 125 Å². The first-order valence-corrected chi connectivity index (χ1v) is 6.84. The Kier molecular flexibility index (Phi) is 5.49. The number of benzene rings is 1. The van der Waals surface area contributed by atoms with Crippen molar-refractivity contribution in [1.82, 2.24) is 5.32 Å². The van der Waals surface area contributed by atoms with Crippen molar-refractivity contribution in [2.45, 2.75) is 51.8 Å². The van der Waals surface area contributed by atoms with E-state index in [1.807, 2.05) is 45.0 Å². The zero-order chi connectivity index (χ0) is 16.1. The van der Waals surface area contributed by atoms with Crippen molar-refractivity contribution in [2.24, 2.45) is 0 Å². The molecule has 1 unspecified atom stereocenters. The second kappa shape index (κ2) is 6.72. The van der Waals surface area contributed by atoms with Crippen molar-refractivity contribution in [3.05, 3.63) is 35.4 Å². The molecule has 116 valence electrons. The Hall–Kier alpha value is -1.88. The second-order valence-corrected chi connectivity index (χ2v) is 6.26. The van der Waals surface area contributed by atoms with Gasteiger partial charge >= 0.3 is 5.97 Å². The van der Waals surface area contributed by atoms with Crippen molar-refractivity contribution < 1.29 is 19.4 Å². The molecule has 0 saturated heterocycles. The Bertz CT molecular complexity index is 507. The lowest BCUT2D eigenvalue weighted by Crippen LogP contribution is -2.53. The molecule has 0 saturated carbocycles. The van der Waals surface area contributed by atoms with Crippen LogP contribution in [0.5, 0.6) is 0 Å². The van der Waals surface area contributed by atoms with Gasteiger partial charge in [-0.1, -0.05) is 24.3 Å². The number of rotatable bonds is 2. The van der Waals surface area contributed by atoms with Gasteiger partial charge in [0.1, 0.15) is 11.1 Å². The Balaban J connectivity index is 0.000000270. The molecule has 0 aromatic heterocycles. The maximum absolute atomic E-state index is 11.0. The van der Waals surface area contributed by atoms with Gasteiger partial charge in [-0.2, -0.15) is 0 Å². The van der Waals surface area contributed by atoms with Gasteiger partial charge in [-0.25, -0.2) is 0 Å². The summed E-state index contributed by atoms with van der Waals surface area (Å²) in [5.74, 6) is -0.785. The number of hydrogen-bond acceptors (Lipinski definition) is 4. The van der Waals surface area contributed by atoms with Gasteiger partial charge in [0.25, 0.3) is 6.47 Å². The van der Waals surface area contributed by atoms with Gasteiger partial charge in [0.15, 0.2) is 0 Å². The molecule has 2 N–H and O–H groups in total. The highest BCUT2D eigenvalue weighted by molar-refractivity contribution is 5.79. The minimum Gasteiger partial charge on any atom is -0.480 e. The normalized spacial score (nSPS) is 20.6. The van der Waals surface area contributed by atoms with Gasteiger partial charge in [0.05, 0.1) is 0 Å². The monoisotopic (exact) mass is 293 g/mol. The van der Waals surface area contributed by atoms with E-state index >= 15 is 0 Å². The van der Waals surface area contributed by atoms with Gasteiger partial charge in [0.2, 0.25) is 0 Å². The zero-order valence-electron chi connectivity index (χ0n) is 13.0. The second-order valence-electron chi connectivity index (χ2n) is 6.26. The first kappa shape index (κ1) is 17.2. The summed E-state index contributed by atoms with van der Waals surface area (Å²) in [5, 5.41) is 12.1. The van der Waals surface area contributed by atoms with Crippen LogP contribution in [-0.4, -0.2) is 28.7 Å². The standard InChI is InChI=1S/C11H13NO2.C5H10O2/c1-11(10(13)14)6-8-4-2-3-5-9(8)7-12-11;1-5(2,3)7-4-6/h2-5,12H,6-7H2,1H3,(H,13,14);4H,1-3H3. The molecule has 5 nitrogen and oxygen atoms in total. The van der Waals surface area contributed by atoms with Gasteiger partial charge in [-0.3, -0.25) is 14.9 Å². The van der Waals surface area contributed by atoms with Crippen LogP contribution in [-0.2, 0) is 27.3 Å². The molecule has 1 aliphatic rings. The molecule has 5 heteroatoms. The van der Waals surface area contributed by atoms with Crippen LogP contribution in [0.3, 0.4) is 0 Å². The predicted octanol–water partition coefficient (Wildman–Crippen LogP) is 2.13. The number of hydrogen-bond donors (Lipinski definition) is 2. The van der Waals surface area contributed by atoms with Gasteiger partial charge < -0.3 is 9.84 Å². The molecule has 0 radical (unpaired) electrons. The average molecular weight is 293 g/mol. The molecule has 0 spiro atoms. The lowest BCUT2D eigenvalue weighted by molar-refractivity contribution is -0.144. The molecule has 1 aliphatic heterocycles. The largest absolute Gasteiger partial charge is 0.480 e. The van der Waals surface area contributed by atoms with E-state index in [9.17, 15) is 9.59 Å². The fourth-order valence-electron chi connectivity index (χ4n) is 1.93. The van der Waals surface area contributed by atoms with Crippen molar-refractivity contribution in [3.63, 3.8) is 0 Å². The number of nitrogens with one attached hydrogen (secondary N) is 1. The molecule has 0 bridgehead atoms. The minimum atomic E-state index is -0.811. The van der Waals surface area contributed by atoms with E-state index < -0.39 is 11.5 Å². The SMILES string of the molecule is CC(C)(C)OC=O.CC1(C(=O)O)Cc2ccccc2CN1. The quantitative estimate of drug-likeness (QED) is 0.817. The first-order valence-electron chi connectivity index (χ1n) is 6.84. The summed E-state index contributed by atoms with van der Waals surface area (Å²) >= 11 is 0. The van der Waals surface area contributed by atoms with E-state index in [1.165, 1.54) is 5.56 Å². The van der Waals surface area contributed by atoms with Crippen molar-refractivity contribution in [2.75, 3.05) is 0 Å². The predicted molar refractivity (Wildman–Crippen MR) is 79.9 cm³/mol. The summed E-state index contributed by atoms with van der Waals surface area (Å²) in [7, 11) is 0. The molecule has 2 rings (SSSR count). The number of ether oxygens (including phenoxy) is 1. The summed E-state index contributed by atoms with van der Waals surface area (Å²) in [6.07, 6.45) is 0.554. The number of aliphatic carboxylic acids is 1. The van der Waals surface area contributed by atoms with E-state index in [4.69, 9.17) is 5.11 Å². The first-order chi connectivity index (χ1) is 9.68. The van der Waals surface area contributed by atoms with E-state index in [2.05, 4.69) is 10.1 Å². The molecule has 0 fully saturated rings. The van der Waals surface area contributed by atoms with E-state index in [0.29, 0.717) is 19.4 Å². The van der Waals surface area contributed by atoms with Crippen LogP contribution >= 0.6 is 0 Å².